The molecule has 5 rings (SSSR count). The molecule has 3 N–H and O–H groups in total. The Morgan fingerprint density at radius 1 is 1.08 bits per heavy atom. The van der Waals surface area contributed by atoms with Crippen LogP contribution >= 0.6 is 11.6 Å². The Labute approximate surface area is 216 Å². The van der Waals surface area contributed by atoms with Gasteiger partial charge in [0.15, 0.2) is 5.78 Å². The number of aliphatic hydroxyl groups is 1. The van der Waals surface area contributed by atoms with Crippen molar-refractivity contribution in [3.05, 3.63) is 99.6 Å². The number of aryl methyl sites for hydroxylation is 2. The summed E-state index contributed by atoms with van der Waals surface area (Å²) in [6.07, 6.45) is 5.09. The van der Waals surface area contributed by atoms with Crippen molar-refractivity contribution in [3.63, 3.8) is 0 Å². The van der Waals surface area contributed by atoms with E-state index in [4.69, 9.17) is 16.7 Å². The Kier molecular flexibility index (Phi) is 6.41. The van der Waals surface area contributed by atoms with E-state index in [1.54, 1.807) is 36.4 Å². The van der Waals surface area contributed by atoms with E-state index in [1.807, 2.05) is 32.0 Å². The van der Waals surface area contributed by atoms with Crippen LogP contribution in [0.15, 0.2) is 71.6 Å². The highest BCUT2D eigenvalue weighted by Crippen LogP contribution is 2.51. The van der Waals surface area contributed by atoms with E-state index in [0.29, 0.717) is 11.3 Å². The molecule has 3 aromatic carbocycles. The number of ketones is 1. The SMILES string of the molecule is Cc1ccc(NS(=O)(=O)c2cc3c(cc2Cl)N[C@@H](c2ccc(C(=O)CO)cc2)[C@@H]2CC=C[C@H]32)cc1C. The molecule has 0 unspecified atom stereocenters. The summed E-state index contributed by atoms with van der Waals surface area (Å²) >= 11 is 6.54. The largest absolute Gasteiger partial charge is 0.388 e. The Bertz CT molecular complexity index is 1480. The molecule has 3 atom stereocenters. The van der Waals surface area contributed by atoms with Gasteiger partial charge in [-0.15, -0.1) is 0 Å². The van der Waals surface area contributed by atoms with Gasteiger partial charge in [0.1, 0.15) is 11.5 Å². The molecule has 8 heteroatoms. The molecule has 0 fully saturated rings. The minimum Gasteiger partial charge on any atom is -0.388 e. The van der Waals surface area contributed by atoms with Crippen molar-refractivity contribution in [1.29, 1.82) is 0 Å². The van der Waals surface area contributed by atoms with Gasteiger partial charge >= 0.3 is 0 Å². The average molecular weight is 523 g/mol. The molecule has 36 heavy (non-hydrogen) atoms. The number of sulfonamides is 1. The van der Waals surface area contributed by atoms with Crippen molar-refractivity contribution in [3.8, 4) is 0 Å². The normalized spacial score (nSPS) is 20.4. The fraction of sp³-hybridized carbons (Fsp3) is 0.250. The minimum atomic E-state index is -3.90. The lowest BCUT2D eigenvalue weighted by Gasteiger charge is -2.38. The maximum Gasteiger partial charge on any atom is 0.263 e. The van der Waals surface area contributed by atoms with Crippen LogP contribution in [0, 0.1) is 19.8 Å². The molecule has 3 aromatic rings. The predicted molar refractivity (Wildman–Crippen MR) is 142 cm³/mol. The number of rotatable bonds is 6. The second-order valence-electron chi connectivity index (χ2n) is 9.45. The number of nitrogens with one attached hydrogen (secondary N) is 2. The quantitative estimate of drug-likeness (QED) is 0.282. The number of benzene rings is 3. The number of aliphatic hydroxyl groups excluding tert-OH is 1. The van der Waals surface area contributed by atoms with Crippen molar-refractivity contribution in [2.24, 2.45) is 5.92 Å². The lowest BCUT2D eigenvalue weighted by Crippen LogP contribution is -2.29. The molecule has 1 aliphatic carbocycles. The molecule has 0 saturated heterocycles. The third-order valence-electron chi connectivity index (χ3n) is 7.20. The van der Waals surface area contributed by atoms with Crippen LogP contribution in [0.1, 0.15) is 51.0 Å². The van der Waals surface area contributed by atoms with Gasteiger partial charge in [-0.05, 0) is 72.7 Å². The van der Waals surface area contributed by atoms with Crippen molar-refractivity contribution in [1.82, 2.24) is 0 Å². The number of halogens is 1. The van der Waals surface area contributed by atoms with Crippen LogP contribution in [0.4, 0.5) is 11.4 Å². The molecule has 0 amide bonds. The molecule has 0 radical (unpaired) electrons. The molecule has 0 aromatic heterocycles. The Morgan fingerprint density at radius 2 is 1.83 bits per heavy atom. The zero-order chi connectivity index (χ0) is 25.6. The maximum absolute atomic E-state index is 13.3. The summed E-state index contributed by atoms with van der Waals surface area (Å²) < 4.78 is 29.3. The van der Waals surface area contributed by atoms with Crippen LogP contribution in [-0.2, 0) is 10.0 Å². The fourth-order valence-electron chi connectivity index (χ4n) is 5.11. The van der Waals surface area contributed by atoms with Crippen LogP contribution in [0.2, 0.25) is 5.02 Å². The smallest absolute Gasteiger partial charge is 0.263 e. The Balaban J connectivity index is 1.48. The van der Waals surface area contributed by atoms with Crippen molar-refractivity contribution < 1.29 is 18.3 Å². The highest BCUT2D eigenvalue weighted by Gasteiger charge is 2.39. The zero-order valence-electron chi connectivity index (χ0n) is 20.0. The third-order valence-corrected chi connectivity index (χ3v) is 9.05. The first kappa shape index (κ1) is 24.6. The van der Waals surface area contributed by atoms with Gasteiger partial charge in [0.25, 0.3) is 10.0 Å². The van der Waals surface area contributed by atoms with E-state index in [0.717, 1.165) is 34.4 Å². The molecule has 2 aliphatic rings. The molecule has 6 nitrogen and oxygen atoms in total. The van der Waals surface area contributed by atoms with Crippen molar-refractivity contribution in [2.75, 3.05) is 16.6 Å². The van der Waals surface area contributed by atoms with Crippen LogP contribution in [0.5, 0.6) is 0 Å². The second-order valence-corrected chi connectivity index (χ2v) is 11.5. The van der Waals surface area contributed by atoms with Gasteiger partial charge in [0, 0.05) is 22.9 Å². The summed E-state index contributed by atoms with van der Waals surface area (Å²) in [6, 6.07) is 16.0. The zero-order valence-corrected chi connectivity index (χ0v) is 21.5. The number of carbonyl (C=O) groups excluding carboxylic acids is 1. The van der Waals surface area contributed by atoms with E-state index in [2.05, 4.69) is 22.2 Å². The first-order chi connectivity index (χ1) is 17.2. The highest BCUT2D eigenvalue weighted by atomic mass is 35.5. The average Bonchev–Trinajstić information content (AvgIpc) is 3.35. The monoisotopic (exact) mass is 522 g/mol. The molecular formula is C28H27ClN2O4S. The lowest BCUT2D eigenvalue weighted by molar-refractivity contribution is 0.0903. The molecular weight excluding hydrogens is 496 g/mol. The summed E-state index contributed by atoms with van der Waals surface area (Å²) in [5.74, 6) is -0.113. The number of hydrogen-bond donors (Lipinski definition) is 3. The van der Waals surface area contributed by atoms with Crippen molar-refractivity contribution in [2.45, 2.75) is 37.1 Å². The van der Waals surface area contributed by atoms with E-state index >= 15 is 0 Å². The molecule has 0 bridgehead atoms. The Morgan fingerprint density at radius 3 is 2.53 bits per heavy atom. The molecule has 0 spiro atoms. The van der Waals surface area contributed by atoms with Gasteiger partial charge in [-0.1, -0.05) is 54.1 Å². The summed E-state index contributed by atoms with van der Waals surface area (Å²) in [5.41, 5.74) is 5.73. The van der Waals surface area contributed by atoms with Crippen LogP contribution in [0.3, 0.4) is 0 Å². The number of anilines is 2. The summed E-state index contributed by atoms with van der Waals surface area (Å²) in [7, 11) is -3.90. The number of carbonyl (C=O) groups is 1. The van der Waals surface area contributed by atoms with Gasteiger partial charge in [0.05, 0.1) is 11.1 Å². The molecule has 1 aliphatic heterocycles. The molecule has 1 heterocycles. The van der Waals surface area contributed by atoms with Crippen molar-refractivity contribution >= 4 is 38.8 Å². The summed E-state index contributed by atoms with van der Waals surface area (Å²) in [5, 5.41) is 12.8. The number of allylic oxidation sites excluding steroid dienone is 2. The highest BCUT2D eigenvalue weighted by molar-refractivity contribution is 7.92. The van der Waals surface area contributed by atoms with Crippen LogP contribution in [-0.4, -0.2) is 25.9 Å². The first-order valence-electron chi connectivity index (χ1n) is 11.8. The second kappa shape index (κ2) is 9.39. The summed E-state index contributed by atoms with van der Waals surface area (Å²) in [4.78, 5) is 11.8. The lowest BCUT2D eigenvalue weighted by atomic mass is 9.77. The predicted octanol–water partition coefficient (Wildman–Crippen LogP) is 5.76. The van der Waals surface area contributed by atoms with Gasteiger partial charge in [0.2, 0.25) is 0 Å². The minimum absolute atomic E-state index is 0.0258. The van der Waals surface area contributed by atoms with Gasteiger partial charge in [-0.25, -0.2) is 8.42 Å². The number of fused-ring (bicyclic) bond motifs is 3. The van der Waals surface area contributed by atoms with E-state index in [-0.39, 0.29) is 33.6 Å². The van der Waals surface area contributed by atoms with E-state index in [1.165, 1.54) is 0 Å². The fourth-order valence-corrected chi connectivity index (χ4v) is 6.73. The third kappa shape index (κ3) is 4.43. The first-order valence-corrected chi connectivity index (χ1v) is 13.6. The Hall–Kier alpha value is -3.13. The molecule has 0 saturated carbocycles. The standard InChI is InChI=1S/C28H27ClN2O4S/c1-16-6-11-20(12-17(16)2)31-36(34,35)27-13-23-21-4-3-5-22(21)28(30-25(23)14-24(27)29)19-9-7-18(8-10-19)26(33)15-32/h3-4,6-14,21-22,28,30-32H,5,15H2,1-2H3/t21-,22+,28-/m0/s1. The van der Waals surface area contributed by atoms with Gasteiger partial charge in [-0.3, -0.25) is 9.52 Å². The van der Waals surface area contributed by atoms with Crippen LogP contribution in [0.25, 0.3) is 0 Å². The topological polar surface area (TPSA) is 95.5 Å². The van der Waals surface area contributed by atoms with E-state index in [9.17, 15) is 13.2 Å². The van der Waals surface area contributed by atoms with Gasteiger partial charge < -0.3 is 10.4 Å². The number of Topliss-reactive ketones (excluding diaryl/α,β-unsaturated/α-hetero) is 1. The molecule has 186 valence electrons. The van der Waals surface area contributed by atoms with Crippen LogP contribution < -0.4 is 10.0 Å². The summed E-state index contributed by atoms with van der Waals surface area (Å²) in [6.45, 7) is 3.39. The van der Waals surface area contributed by atoms with E-state index < -0.39 is 16.6 Å². The number of hydrogen-bond acceptors (Lipinski definition) is 5. The maximum atomic E-state index is 13.3. The van der Waals surface area contributed by atoms with Gasteiger partial charge in [-0.2, -0.15) is 0 Å².